The fourth-order valence-electron chi connectivity index (χ4n) is 1.61. The Hall–Kier alpha value is -1.10. The molecule has 17 heavy (non-hydrogen) atoms. The minimum Gasteiger partial charge on any atom is -0.367 e. The number of hydroxylamine groups is 2. The lowest BCUT2D eigenvalue weighted by molar-refractivity contribution is -0.218. The van der Waals surface area contributed by atoms with Crippen LogP contribution in [0.2, 0.25) is 0 Å². The first-order valence-electron chi connectivity index (χ1n) is 5.96. The molecule has 0 aromatic rings. The van der Waals surface area contributed by atoms with Crippen molar-refractivity contribution >= 4 is 11.9 Å². The molecule has 1 fully saturated rings. The van der Waals surface area contributed by atoms with E-state index in [0.29, 0.717) is 19.6 Å². The van der Waals surface area contributed by atoms with Crippen LogP contribution in [0.5, 0.6) is 0 Å². The molecule has 1 amide bonds. The minimum atomic E-state index is -0.503. The lowest BCUT2D eigenvalue weighted by Crippen LogP contribution is -2.54. The molecule has 0 aromatic heterocycles. The predicted molar refractivity (Wildman–Crippen MR) is 64.0 cm³/mol. The molecular weight excluding hydrogens is 220 g/mol. The lowest BCUT2D eigenvalue weighted by atomic mass is 9.98. The fraction of sp³-hybridized carbons (Fsp3) is 0.833. The van der Waals surface area contributed by atoms with E-state index in [4.69, 9.17) is 4.84 Å². The number of piperazine rings is 1. The zero-order valence-electron chi connectivity index (χ0n) is 11.3. The summed E-state index contributed by atoms with van der Waals surface area (Å²) in [5, 5.41) is 1.67. The van der Waals surface area contributed by atoms with Crippen LogP contribution in [0.3, 0.4) is 0 Å². The molecule has 5 nitrogen and oxygen atoms in total. The summed E-state index contributed by atoms with van der Waals surface area (Å²) in [7, 11) is 0. The summed E-state index contributed by atoms with van der Waals surface area (Å²) < 4.78 is 0. The summed E-state index contributed by atoms with van der Waals surface area (Å²) in [6.45, 7) is 10.8. The fourth-order valence-corrected chi connectivity index (χ4v) is 1.61. The summed E-state index contributed by atoms with van der Waals surface area (Å²) in [5.74, 6) is -0.167. The SMILES string of the molecule is CC(=O)N1CCN(OC(=O)C(C)(C)C)C(C)C1. The number of hydrogen-bond acceptors (Lipinski definition) is 4. The summed E-state index contributed by atoms with van der Waals surface area (Å²) >= 11 is 0. The molecule has 1 aliphatic heterocycles. The van der Waals surface area contributed by atoms with E-state index in [9.17, 15) is 9.59 Å². The zero-order valence-corrected chi connectivity index (χ0v) is 11.3. The third-order valence-corrected chi connectivity index (χ3v) is 2.82. The summed E-state index contributed by atoms with van der Waals surface area (Å²) in [4.78, 5) is 30.1. The van der Waals surface area contributed by atoms with Gasteiger partial charge in [-0.3, -0.25) is 4.79 Å². The zero-order chi connectivity index (χ0) is 13.2. The maximum atomic E-state index is 11.7. The van der Waals surface area contributed by atoms with E-state index in [1.807, 2.05) is 27.7 Å². The largest absolute Gasteiger partial charge is 0.367 e. The molecule has 1 rings (SSSR count). The van der Waals surface area contributed by atoms with Crippen molar-refractivity contribution in [3.05, 3.63) is 0 Å². The highest BCUT2D eigenvalue weighted by Gasteiger charge is 2.31. The van der Waals surface area contributed by atoms with Crippen molar-refractivity contribution in [2.45, 2.75) is 40.7 Å². The van der Waals surface area contributed by atoms with Crippen LogP contribution >= 0.6 is 0 Å². The van der Waals surface area contributed by atoms with Gasteiger partial charge in [-0.1, -0.05) is 0 Å². The van der Waals surface area contributed by atoms with Crippen molar-refractivity contribution in [1.29, 1.82) is 0 Å². The van der Waals surface area contributed by atoms with Gasteiger partial charge in [0.2, 0.25) is 5.91 Å². The van der Waals surface area contributed by atoms with E-state index in [1.54, 1.807) is 16.9 Å². The number of hydrogen-bond donors (Lipinski definition) is 0. The molecule has 1 atom stereocenters. The summed E-state index contributed by atoms with van der Waals surface area (Å²) in [6.07, 6.45) is 0. The smallest absolute Gasteiger partial charge is 0.330 e. The van der Waals surface area contributed by atoms with E-state index in [2.05, 4.69) is 0 Å². The average Bonchev–Trinajstić information content (AvgIpc) is 2.19. The first kappa shape index (κ1) is 14.0. The Morgan fingerprint density at radius 3 is 2.24 bits per heavy atom. The van der Waals surface area contributed by atoms with Crippen LogP contribution in [-0.2, 0) is 14.4 Å². The lowest BCUT2D eigenvalue weighted by Gasteiger charge is -2.38. The van der Waals surface area contributed by atoms with Crippen molar-refractivity contribution < 1.29 is 14.4 Å². The maximum absolute atomic E-state index is 11.7. The van der Waals surface area contributed by atoms with Crippen molar-refractivity contribution in [3.8, 4) is 0 Å². The van der Waals surface area contributed by atoms with E-state index >= 15 is 0 Å². The average molecular weight is 242 g/mol. The Morgan fingerprint density at radius 1 is 1.24 bits per heavy atom. The number of amides is 1. The van der Waals surface area contributed by atoms with E-state index in [1.165, 1.54) is 0 Å². The molecule has 0 radical (unpaired) electrons. The molecule has 0 saturated carbocycles. The van der Waals surface area contributed by atoms with Gasteiger partial charge < -0.3 is 9.74 Å². The Kier molecular flexibility index (Phi) is 4.14. The minimum absolute atomic E-state index is 0.0407. The molecule has 0 aliphatic carbocycles. The van der Waals surface area contributed by atoms with Gasteiger partial charge in [0.05, 0.1) is 18.0 Å². The van der Waals surface area contributed by atoms with Crippen molar-refractivity contribution in [2.24, 2.45) is 5.41 Å². The van der Waals surface area contributed by atoms with Gasteiger partial charge in [-0.05, 0) is 27.7 Å². The maximum Gasteiger partial charge on any atom is 0.330 e. The Labute approximate surface area is 103 Å². The Morgan fingerprint density at radius 2 is 1.82 bits per heavy atom. The van der Waals surface area contributed by atoms with Gasteiger partial charge >= 0.3 is 5.97 Å². The third kappa shape index (κ3) is 3.70. The third-order valence-electron chi connectivity index (χ3n) is 2.82. The van der Waals surface area contributed by atoms with Crippen LogP contribution in [0.25, 0.3) is 0 Å². The van der Waals surface area contributed by atoms with Gasteiger partial charge in [-0.15, -0.1) is 5.06 Å². The van der Waals surface area contributed by atoms with Crippen LogP contribution in [0.1, 0.15) is 34.6 Å². The number of carbonyl (C=O) groups is 2. The second-order valence-electron chi connectivity index (χ2n) is 5.58. The van der Waals surface area contributed by atoms with Gasteiger partial charge in [-0.25, -0.2) is 4.79 Å². The van der Waals surface area contributed by atoms with E-state index < -0.39 is 5.41 Å². The molecule has 0 N–H and O–H groups in total. The highest BCUT2D eigenvalue weighted by molar-refractivity contribution is 5.75. The highest BCUT2D eigenvalue weighted by Crippen LogP contribution is 2.18. The first-order valence-corrected chi connectivity index (χ1v) is 5.96. The van der Waals surface area contributed by atoms with Gasteiger partial charge in [0, 0.05) is 20.0 Å². The van der Waals surface area contributed by atoms with Crippen molar-refractivity contribution in [2.75, 3.05) is 19.6 Å². The van der Waals surface area contributed by atoms with Crippen molar-refractivity contribution in [1.82, 2.24) is 9.96 Å². The van der Waals surface area contributed by atoms with Crippen LogP contribution < -0.4 is 0 Å². The molecule has 1 unspecified atom stereocenters. The molecule has 98 valence electrons. The van der Waals surface area contributed by atoms with Gasteiger partial charge in [0.1, 0.15) is 0 Å². The number of rotatable bonds is 1. The molecule has 5 heteroatoms. The molecular formula is C12H22N2O3. The second-order valence-corrected chi connectivity index (χ2v) is 5.58. The van der Waals surface area contributed by atoms with Gasteiger partial charge in [0.25, 0.3) is 0 Å². The van der Waals surface area contributed by atoms with Crippen LogP contribution in [0.15, 0.2) is 0 Å². The molecule has 0 bridgehead atoms. The highest BCUT2D eigenvalue weighted by atomic mass is 16.7. The predicted octanol–water partition coefficient (Wildman–Crippen LogP) is 1.04. The quantitative estimate of drug-likeness (QED) is 0.689. The normalized spacial score (nSPS) is 22.4. The molecule has 0 spiro atoms. The summed E-state index contributed by atoms with van der Waals surface area (Å²) in [5.41, 5.74) is -0.503. The topological polar surface area (TPSA) is 49.9 Å². The van der Waals surface area contributed by atoms with Crippen molar-refractivity contribution in [3.63, 3.8) is 0 Å². The Balaban J connectivity index is 2.53. The molecule has 1 saturated heterocycles. The van der Waals surface area contributed by atoms with Gasteiger partial charge in [0.15, 0.2) is 0 Å². The summed E-state index contributed by atoms with van der Waals surface area (Å²) in [6, 6.07) is 0.0407. The second kappa shape index (κ2) is 5.04. The van der Waals surface area contributed by atoms with E-state index in [0.717, 1.165) is 0 Å². The number of nitrogens with zero attached hydrogens (tertiary/aromatic N) is 2. The molecule has 0 aromatic carbocycles. The van der Waals surface area contributed by atoms with Crippen LogP contribution in [-0.4, -0.2) is 47.5 Å². The van der Waals surface area contributed by atoms with Crippen LogP contribution in [0, 0.1) is 5.41 Å². The number of carbonyl (C=O) groups excluding carboxylic acids is 2. The standard InChI is InChI=1S/C12H22N2O3/c1-9-8-13(10(2)15)6-7-14(9)17-11(16)12(3,4)5/h9H,6-8H2,1-5H3. The van der Waals surface area contributed by atoms with Crippen LogP contribution in [0.4, 0.5) is 0 Å². The van der Waals surface area contributed by atoms with Gasteiger partial charge in [-0.2, -0.15) is 0 Å². The van der Waals surface area contributed by atoms with E-state index in [-0.39, 0.29) is 17.9 Å². The molecule has 1 aliphatic rings. The monoisotopic (exact) mass is 242 g/mol. The molecule has 1 heterocycles. The first-order chi connectivity index (χ1) is 7.71. The Bertz CT molecular complexity index is 309.